The maximum atomic E-state index is 12.9. The van der Waals surface area contributed by atoms with Crippen molar-refractivity contribution in [1.29, 1.82) is 0 Å². The molecule has 6 heteroatoms. The number of benzene rings is 1. The molecule has 0 saturated carbocycles. The van der Waals surface area contributed by atoms with Crippen LogP contribution in [-0.2, 0) is 0 Å². The van der Waals surface area contributed by atoms with Crippen molar-refractivity contribution in [3.05, 3.63) is 24.0 Å². The predicted molar refractivity (Wildman–Crippen MR) is 52.7 cm³/mol. The highest BCUT2D eigenvalue weighted by Gasteiger charge is 2.10. The van der Waals surface area contributed by atoms with Crippen LogP contribution in [0, 0.1) is 5.82 Å². The number of hydrogen-bond acceptors (Lipinski definition) is 4. The highest BCUT2D eigenvalue weighted by atomic mass is 19.1. The number of aromatic amines is 1. The Hall–Kier alpha value is -2.11. The smallest absolute Gasteiger partial charge is 0.239 e. The van der Waals surface area contributed by atoms with Crippen molar-refractivity contribution < 1.29 is 9.13 Å². The number of nitrogens with two attached hydrogens (primary N) is 1. The van der Waals surface area contributed by atoms with Crippen LogP contribution in [0.2, 0.25) is 0 Å². The summed E-state index contributed by atoms with van der Waals surface area (Å²) in [5.41, 5.74) is 5.98. The maximum Gasteiger partial charge on any atom is 0.239 e. The van der Waals surface area contributed by atoms with Gasteiger partial charge in [-0.2, -0.15) is 4.98 Å². The second kappa shape index (κ2) is 3.56. The first-order chi connectivity index (χ1) is 7.20. The fourth-order valence-electron chi connectivity index (χ4n) is 1.26. The molecule has 1 heterocycles. The minimum atomic E-state index is -0.372. The SMILES string of the molecule is COc1cc(F)ccc1-c1nc(N)n[nH]1. The zero-order valence-corrected chi connectivity index (χ0v) is 7.99. The summed E-state index contributed by atoms with van der Waals surface area (Å²) in [4.78, 5) is 3.93. The number of methoxy groups -OCH3 is 1. The molecule has 15 heavy (non-hydrogen) atoms. The Kier molecular flexibility index (Phi) is 2.24. The molecule has 0 fully saturated rings. The lowest BCUT2D eigenvalue weighted by molar-refractivity contribution is 0.412. The lowest BCUT2D eigenvalue weighted by Crippen LogP contribution is -1.91. The molecule has 0 bridgehead atoms. The number of aromatic nitrogens is 3. The second-order valence-corrected chi connectivity index (χ2v) is 2.89. The third kappa shape index (κ3) is 1.74. The van der Waals surface area contributed by atoms with Crippen LogP contribution >= 0.6 is 0 Å². The van der Waals surface area contributed by atoms with Gasteiger partial charge in [-0.1, -0.05) is 0 Å². The van der Waals surface area contributed by atoms with Crippen molar-refractivity contribution in [2.24, 2.45) is 0 Å². The van der Waals surface area contributed by atoms with E-state index in [-0.39, 0.29) is 11.8 Å². The molecule has 78 valence electrons. The van der Waals surface area contributed by atoms with Gasteiger partial charge in [0.1, 0.15) is 11.6 Å². The normalized spacial score (nSPS) is 10.3. The van der Waals surface area contributed by atoms with Crippen LogP contribution in [-0.4, -0.2) is 22.3 Å². The molecule has 0 amide bonds. The van der Waals surface area contributed by atoms with E-state index in [9.17, 15) is 4.39 Å². The van der Waals surface area contributed by atoms with Crippen LogP contribution < -0.4 is 10.5 Å². The van der Waals surface area contributed by atoms with E-state index >= 15 is 0 Å². The monoisotopic (exact) mass is 208 g/mol. The average Bonchev–Trinajstić information content (AvgIpc) is 2.64. The van der Waals surface area contributed by atoms with Crippen molar-refractivity contribution in [3.8, 4) is 17.1 Å². The Balaban J connectivity index is 2.52. The van der Waals surface area contributed by atoms with Crippen molar-refractivity contribution in [3.63, 3.8) is 0 Å². The second-order valence-electron chi connectivity index (χ2n) is 2.89. The van der Waals surface area contributed by atoms with Crippen molar-refractivity contribution in [1.82, 2.24) is 15.2 Å². The molecule has 0 aliphatic rings. The third-order valence-corrected chi connectivity index (χ3v) is 1.92. The molecule has 1 aromatic carbocycles. The van der Waals surface area contributed by atoms with E-state index in [0.29, 0.717) is 17.1 Å². The summed E-state index contributed by atoms with van der Waals surface area (Å²) in [6.45, 7) is 0. The number of nitrogen functional groups attached to an aromatic ring is 1. The fourth-order valence-corrected chi connectivity index (χ4v) is 1.26. The van der Waals surface area contributed by atoms with E-state index in [1.54, 1.807) is 6.07 Å². The first-order valence-corrected chi connectivity index (χ1v) is 4.22. The number of nitrogens with one attached hydrogen (secondary N) is 1. The summed E-state index contributed by atoms with van der Waals surface area (Å²) in [6, 6.07) is 4.14. The van der Waals surface area contributed by atoms with Gasteiger partial charge in [-0.3, -0.25) is 5.10 Å². The number of rotatable bonds is 2. The summed E-state index contributed by atoms with van der Waals surface area (Å²) >= 11 is 0. The number of anilines is 1. The standard InChI is InChI=1S/C9H9FN4O/c1-15-7-4-5(10)2-3-6(7)8-12-9(11)14-13-8/h2-4H,1H3,(H3,11,12,13,14). The Morgan fingerprint density at radius 3 is 2.87 bits per heavy atom. The fraction of sp³-hybridized carbons (Fsp3) is 0.111. The molecule has 0 atom stereocenters. The lowest BCUT2D eigenvalue weighted by Gasteiger charge is -2.04. The molecule has 0 spiro atoms. The number of nitrogens with zero attached hydrogens (tertiary/aromatic N) is 2. The average molecular weight is 208 g/mol. The summed E-state index contributed by atoms with van der Waals surface area (Å²) < 4.78 is 17.9. The minimum absolute atomic E-state index is 0.136. The molecule has 2 aromatic rings. The van der Waals surface area contributed by atoms with Crippen LogP contribution in [0.4, 0.5) is 10.3 Å². The zero-order valence-electron chi connectivity index (χ0n) is 7.99. The first kappa shape index (κ1) is 9.45. The van der Waals surface area contributed by atoms with Crippen molar-refractivity contribution in [2.45, 2.75) is 0 Å². The van der Waals surface area contributed by atoms with Gasteiger partial charge in [-0.05, 0) is 12.1 Å². The van der Waals surface area contributed by atoms with Crippen LogP contribution in [0.25, 0.3) is 11.4 Å². The Labute approximate surface area is 85.1 Å². The van der Waals surface area contributed by atoms with Gasteiger partial charge in [-0.15, -0.1) is 5.10 Å². The van der Waals surface area contributed by atoms with E-state index in [1.165, 1.54) is 19.2 Å². The molecule has 1 aromatic heterocycles. The van der Waals surface area contributed by atoms with Crippen LogP contribution in [0.3, 0.4) is 0 Å². The highest BCUT2D eigenvalue weighted by molar-refractivity contribution is 5.64. The van der Waals surface area contributed by atoms with Gasteiger partial charge in [0.25, 0.3) is 0 Å². The third-order valence-electron chi connectivity index (χ3n) is 1.92. The molecule has 5 nitrogen and oxygen atoms in total. The van der Waals surface area contributed by atoms with Crippen molar-refractivity contribution in [2.75, 3.05) is 12.8 Å². The molecular formula is C9H9FN4O. The number of ether oxygens (including phenoxy) is 1. The van der Waals surface area contributed by atoms with Gasteiger partial charge in [0.05, 0.1) is 12.7 Å². The number of halogens is 1. The highest BCUT2D eigenvalue weighted by Crippen LogP contribution is 2.27. The summed E-state index contributed by atoms with van der Waals surface area (Å²) in [5.74, 6) is 0.593. The van der Waals surface area contributed by atoms with E-state index in [1.807, 2.05) is 0 Å². The first-order valence-electron chi connectivity index (χ1n) is 4.22. The van der Waals surface area contributed by atoms with Gasteiger partial charge in [0.15, 0.2) is 5.82 Å². The van der Waals surface area contributed by atoms with Crippen LogP contribution in [0.15, 0.2) is 18.2 Å². The summed E-state index contributed by atoms with van der Waals surface area (Å²) in [7, 11) is 1.46. The molecule has 0 radical (unpaired) electrons. The Morgan fingerprint density at radius 2 is 2.27 bits per heavy atom. The molecule has 0 saturated heterocycles. The molecule has 0 aliphatic heterocycles. The summed E-state index contributed by atoms with van der Waals surface area (Å²) in [6.07, 6.45) is 0. The topological polar surface area (TPSA) is 76.8 Å². The minimum Gasteiger partial charge on any atom is -0.496 e. The molecule has 3 N–H and O–H groups in total. The van der Waals surface area contributed by atoms with Gasteiger partial charge < -0.3 is 10.5 Å². The van der Waals surface area contributed by atoms with E-state index in [4.69, 9.17) is 10.5 Å². The van der Waals surface area contributed by atoms with E-state index in [0.717, 1.165) is 0 Å². The largest absolute Gasteiger partial charge is 0.496 e. The van der Waals surface area contributed by atoms with E-state index < -0.39 is 0 Å². The van der Waals surface area contributed by atoms with Crippen LogP contribution in [0.5, 0.6) is 5.75 Å². The van der Waals surface area contributed by atoms with Gasteiger partial charge in [0, 0.05) is 6.07 Å². The van der Waals surface area contributed by atoms with Crippen LogP contribution in [0.1, 0.15) is 0 Å². The predicted octanol–water partition coefficient (Wildman–Crippen LogP) is 1.20. The van der Waals surface area contributed by atoms with E-state index in [2.05, 4.69) is 15.2 Å². The summed E-state index contributed by atoms with van der Waals surface area (Å²) in [5, 5.41) is 6.31. The quantitative estimate of drug-likeness (QED) is 0.777. The number of hydrogen-bond donors (Lipinski definition) is 2. The van der Waals surface area contributed by atoms with Gasteiger partial charge >= 0.3 is 0 Å². The Bertz CT molecular complexity index is 483. The Morgan fingerprint density at radius 1 is 1.47 bits per heavy atom. The molecule has 0 aliphatic carbocycles. The maximum absolute atomic E-state index is 12.9. The molecular weight excluding hydrogens is 199 g/mol. The lowest BCUT2D eigenvalue weighted by atomic mass is 10.2. The van der Waals surface area contributed by atoms with Gasteiger partial charge in [-0.25, -0.2) is 4.39 Å². The number of H-pyrrole nitrogens is 1. The van der Waals surface area contributed by atoms with Gasteiger partial charge in [0.2, 0.25) is 5.95 Å². The van der Waals surface area contributed by atoms with Crippen molar-refractivity contribution >= 4 is 5.95 Å². The molecule has 0 unspecified atom stereocenters. The zero-order chi connectivity index (χ0) is 10.8. The molecule has 2 rings (SSSR count).